The summed E-state index contributed by atoms with van der Waals surface area (Å²) in [6, 6.07) is 118. The van der Waals surface area contributed by atoms with Crippen molar-refractivity contribution in [1.82, 2.24) is 0 Å². The highest BCUT2D eigenvalue weighted by Crippen LogP contribution is 2.53. The fourth-order valence-electron chi connectivity index (χ4n) is 18.5. The van der Waals surface area contributed by atoms with E-state index in [4.69, 9.17) is 9.47 Å². The zero-order chi connectivity index (χ0) is 73.1. The molecule has 0 unspecified atom stereocenters. The molecule has 0 aliphatic carbocycles. The van der Waals surface area contributed by atoms with Gasteiger partial charge >= 0.3 is 0 Å². The molecule has 0 spiro atoms. The summed E-state index contributed by atoms with van der Waals surface area (Å²) >= 11 is 0. The Labute approximate surface area is 635 Å². The zero-order valence-corrected chi connectivity index (χ0v) is 62.3. The lowest BCUT2D eigenvalue weighted by Crippen LogP contribution is -2.67. The first-order valence-electron chi connectivity index (χ1n) is 37.9. The van der Waals surface area contributed by atoms with Gasteiger partial charge in [0.05, 0.1) is 17.1 Å². The molecule has 20 rings (SSSR count). The first-order chi connectivity index (χ1) is 52.5. The molecule has 0 saturated carbocycles. The molecule has 6 aliphatic heterocycles. The number of hydrogen-bond acceptors (Lipinski definition) is 9. The molecule has 0 atom stereocenters. The number of fused-ring (bicyclic) bond motifs is 12. The van der Waals surface area contributed by atoms with Gasteiger partial charge in [0.25, 0.3) is 20.1 Å². The SMILES string of the molecule is CC(C)(C)N1c2cc3c(cc2B2c4ccccc4Oc4cc(N(c5ccccc5)c5ccccc5)cc1c42)B1c2cc4c(cc2N(C(C)(C)C)c2cc(N(c5ccccc5)c5ccccc5)cc(c21)O3)N(C(C)(C)C)c1cc(N(c2ccccc2)c2ccccc2)cc2c1B4c1ccccc1N2c1ccccc1. The zero-order valence-electron chi connectivity index (χ0n) is 62.3. The summed E-state index contributed by atoms with van der Waals surface area (Å²) in [4.78, 5) is 17.6. The number of hydrogen-bond donors (Lipinski definition) is 0. The molecular weight excluding hydrogens is 1320 g/mol. The Bertz CT molecular complexity index is 5780. The molecule has 14 aromatic carbocycles. The van der Waals surface area contributed by atoms with Crippen LogP contribution in [-0.4, -0.2) is 36.8 Å². The minimum absolute atomic E-state index is 0.181. The highest BCUT2D eigenvalue weighted by Gasteiger charge is 2.53. The Morgan fingerprint density at radius 3 is 0.963 bits per heavy atom. The average molecular weight is 1400 g/mol. The van der Waals surface area contributed by atoms with E-state index in [-0.39, 0.29) is 20.1 Å². The summed E-state index contributed by atoms with van der Waals surface area (Å²) in [6.45, 7) is 20.7. The van der Waals surface area contributed by atoms with Crippen LogP contribution in [-0.2, 0) is 0 Å². The average Bonchev–Trinajstić information content (AvgIpc) is 0.683. The molecule has 9 nitrogen and oxygen atoms in total. The second-order valence-electron chi connectivity index (χ2n) is 32.4. The number of rotatable bonds is 10. The smallest absolute Gasteiger partial charge is 0.256 e. The van der Waals surface area contributed by atoms with Crippen LogP contribution in [0.25, 0.3) is 0 Å². The lowest BCUT2D eigenvalue weighted by Gasteiger charge is -2.51. The van der Waals surface area contributed by atoms with Crippen LogP contribution in [0, 0.1) is 0 Å². The second-order valence-corrected chi connectivity index (χ2v) is 32.4. The molecule has 0 saturated heterocycles. The minimum atomic E-state index is -0.478. The lowest BCUT2D eigenvalue weighted by molar-refractivity contribution is 0.484. The number of benzene rings is 14. The van der Waals surface area contributed by atoms with Crippen LogP contribution in [0.4, 0.5) is 102 Å². The first-order valence-corrected chi connectivity index (χ1v) is 37.9. The van der Waals surface area contributed by atoms with Crippen molar-refractivity contribution in [3.05, 3.63) is 322 Å². The Morgan fingerprint density at radius 2 is 0.537 bits per heavy atom. The number of nitrogens with zero attached hydrogens (tertiary/aromatic N) is 7. The van der Waals surface area contributed by atoms with Crippen molar-refractivity contribution in [2.45, 2.75) is 78.9 Å². The fourth-order valence-corrected chi connectivity index (χ4v) is 18.5. The summed E-state index contributed by atoms with van der Waals surface area (Å²) < 4.78 is 15.3. The molecule has 0 aromatic heterocycles. The van der Waals surface area contributed by atoms with Gasteiger partial charge in [-0.05, 0) is 239 Å². The van der Waals surface area contributed by atoms with Crippen molar-refractivity contribution < 1.29 is 9.47 Å². The highest BCUT2D eigenvalue weighted by molar-refractivity contribution is 7.04. The van der Waals surface area contributed by atoms with Gasteiger partial charge in [0.2, 0.25) is 0 Å². The number of anilines is 18. The van der Waals surface area contributed by atoms with Gasteiger partial charge in [-0.15, -0.1) is 0 Å². The molecule has 6 heterocycles. The predicted molar refractivity (Wildman–Crippen MR) is 457 cm³/mol. The van der Waals surface area contributed by atoms with Crippen LogP contribution in [0.2, 0.25) is 0 Å². The van der Waals surface area contributed by atoms with E-state index < -0.39 is 16.6 Å². The summed E-state index contributed by atoms with van der Waals surface area (Å²) in [5.41, 5.74) is 29.1. The van der Waals surface area contributed by atoms with Crippen LogP contribution in [0.3, 0.4) is 0 Å². The molecular formula is C96H80B3N7O2. The van der Waals surface area contributed by atoms with Crippen LogP contribution in [0.15, 0.2) is 322 Å². The van der Waals surface area contributed by atoms with Crippen LogP contribution < -0.4 is 92.9 Å². The summed E-state index contributed by atoms with van der Waals surface area (Å²) in [5.74, 6) is 3.36. The normalized spacial score (nSPS) is 13.8. The van der Waals surface area contributed by atoms with Gasteiger partial charge in [0.15, 0.2) is 0 Å². The van der Waals surface area contributed by atoms with Gasteiger partial charge in [0, 0.05) is 120 Å². The van der Waals surface area contributed by atoms with E-state index in [1.807, 2.05) is 0 Å². The molecule has 6 aliphatic rings. The standard InChI is InChI=1S/C96H80B3N7O2/c1-94(2,3)104-80-61-81-76(59-75(80)97-73-49-31-33-51-79(73)103(69-47-29-16-30-48-69)83-53-70(54-84(104)91(83)97)100(63-35-17-10-18-36-63)64-37-19-11-20-38-64)99-78-60-77-82(62-88(78)108-90-58-72(56-86(93(90)99)105(81)95(4,5)6)102(67-43-25-14-26-44-67)68-45-27-15-28-46-68)106(96(7,8)9)85-55-71(57-89-92(85)98(77)74-50-32-34-52-87(74)107-89)101(65-39-21-12-22-40-65)66-41-23-13-24-42-66/h10-62H,1-9H3. The number of para-hydroxylation sites is 9. The molecule has 0 fully saturated rings. The maximum atomic E-state index is 7.98. The summed E-state index contributed by atoms with van der Waals surface area (Å²) in [6.07, 6.45) is 0. The topological polar surface area (TPSA) is 41.1 Å². The molecule has 14 aromatic rings. The Hall–Kier alpha value is -12.5. The maximum absolute atomic E-state index is 7.98. The van der Waals surface area contributed by atoms with E-state index in [9.17, 15) is 0 Å². The quantitative estimate of drug-likeness (QED) is 0.125. The summed E-state index contributed by atoms with van der Waals surface area (Å²) in [5, 5.41) is 0. The van der Waals surface area contributed by atoms with Crippen molar-refractivity contribution in [1.29, 1.82) is 0 Å². The van der Waals surface area contributed by atoms with Gasteiger partial charge in [-0.25, -0.2) is 0 Å². The van der Waals surface area contributed by atoms with Crippen molar-refractivity contribution in [2.24, 2.45) is 0 Å². The van der Waals surface area contributed by atoms with Crippen molar-refractivity contribution in [2.75, 3.05) is 34.3 Å². The van der Waals surface area contributed by atoms with E-state index in [0.717, 1.165) is 136 Å². The largest absolute Gasteiger partial charge is 0.458 e. The van der Waals surface area contributed by atoms with Crippen molar-refractivity contribution >= 4 is 172 Å². The molecule has 0 amide bonds. The molecule has 0 bridgehead atoms. The Morgan fingerprint density at radius 1 is 0.222 bits per heavy atom. The van der Waals surface area contributed by atoms with Crippen molar-refractivity contribution in [3.8, 4) is 23.0 Å². The Kier molecular flexibility index (Phi) is 14.8. The van der Waals surface area contributed by atoms with Crippen LogP contribution in [0.1, 0.15) is 62.3 Å². The van der Waals surface area contributed by atoms with E-state index >= 15 is 0 Å². The minimum Gasteiger partial charge on any atom is -0.458 e. The summed E-state index contributed by atoms with van der Waals surface area (Å²) in [7, 11) is 0. The molecule has 108 heavy (non-hydrogen) atoms. The third-order valence-electron chi connectivity index (χ3n) is 22.5. The monoisotopic (exact) mass is 1400 g/mol. The molecule has 0 N–H and O–H groups in total. The van der Waals surface area contributed by atoms with Gasteiger partial charge < -0.3 is 43.8 Å². The molecule has 12 heteroatoms. The van der Waals surface area contributed by atoms with E-state index in [1.165, 1.54) is 38.7 Å². The third-order valence-corrected chi connectivity index (χ3v) is 22.5. The first kappa shape index (κ1) is 65.0. The third kappa shape index (κ3) is 10.2. The van der Waals surface area contributed by atoms with E-state index in [2.05, 4.69) is 418 Å². The van der Waals surface area contributed by atoms with Gasteiger partial charge in [0.1, 0.15) is 23.0 Å². The van der Waals surface area contributed by atoms with Crippen LogP contribution in [0.5, 0.6) is 23.0 Å². The molecule has 0 radical (unpaired) electrons. The van der Waals surface area contributed by atoms with Gasteiger partial charge in [-0.2, -0.15) is 0 Å². The Balaban J connectivity index is 0.875. The fraction of sp³-hybridized carbons (Fsp3) is 0.125. The maximum Gasteiger partial charge on any atom is 0.256 e. The second kappa shape index (κ2) is 24.5. The lowest BCUT2D eigenvalue weighted by atomic mass is 9.29. The van der Waals surface area contributed by atoms with Crippen molar-refractivity contribution in [3.63, 3.8) is 0 Å². The van der Waals surface area contributed by atoms with Gasteiger partial charge in [-0.1, -0.05) is 176 Å². The van der Waals surface area contributed by atoms with Gasteiger partial charge in [-0.3, -0.25) is 0 Å². The predicted octanol–water partition coefficient (Wildman–Crippen LogP) is 19.4. The van der Waals surface area contributed by atoms with E-state index in [0.29, 0.717) is 0 Å². The molecule has 520 valence electrons. The highest BCUT2D eigenvalue weighted by atomic mass is 16.5. The number of ether oxygens (including phenoxy) is 2. The van der Waals surface area contributed by atoms with E-state index in [1.54, 1.807) is 0 Å². The van der Waals surface area contributed by atoms with Crippen LogP contribution >= 0.6 is 0 Å².